The van der Waals surface area contributed by atoms with Gasteiger partial charge in [-0.25, -0.2) is 5.84 Å². The normalized spacial score (nSPS) is 12.5. The van der Waals surface area contributed by atoms with Gasteiger partial charge in [0.05, 0.1) is 6.04 Å². The molecule has 5 heteroatoms. The van der Waals surface area contributed by atoms with Crippen molar-refractivity contribution in [2.45, 2.75) is 32.4 Å². The van der Waals surface area contributed by atoms with Gasteiger partial charge in [-0.1, -0.05) is 19.4 Å². The lowest BCUT2D eigenvalue weighted by atomic mass is 10.1. The fourth-order valence-corrected chi connectivity index (χ4v) is 1.81. The van der Waals surface area contributed by atoms with Crippen molar-refractivity contribution in [3.8, 4) is 0 Å². The van der Waals surface area contributed by atoms with Crippen molar-refractivity contribution >= 4 is 5.91 Å². The van der Waals surface area contributed by atoms with Crippen LogP contribution in [-0.4, -0.2) is 28.9 Å². The van der Waals surface area contributed by atoms with Crippen LogP contribution in [0.25, 0.3) is 0 Å². The van der Waals surface area contributed by atoms with Crippen molar-refractivity contribution in [1.82, 2.24) is 15.3 Å². The minimum absolute atomic E-state index is 0.141. The number of hydrazine groups is 1. The molecule has 0 aliphatic heterocycles. The Bertz CT molecular complexity index is 342. The third-order valence-electron chi connectivity index (χ3n) is 2.69. The molecule has 0 aromatic carbocycles. The Kier molecular flexibility index (Phi) is 5.59. The van der Waals surface area contributed by atoms with Crippen LogP contribution in [0.2, 0.25) is 0 Å². The first-order chi connectivity index (χ1) is 8.19. The molecule has 1 heterocycles. The lowest BCUT2D eigenvalue weighted by molar-refractivity contribution is -0.126. The molecule has 0 bridgehead atoms. The van der Waals surface area contributed by atoms with Crippen LogP contribution in [0.5, 0.6) is 0 Å². The number of carbonyl (C=O) groups excluding carboxylic acids is 1. The Morgan fingerprint density at radius 2 is 2.41 bits per heavy atom. The summed E-state index contributed by atoms with van der Waals surface area (Å²) in [5.74, 6) is 5.06. The Hall–Kier alpha value is -1.46. The molecule has 17 heavy (non-hydrogen) atoms. The van der Waals surface area contributed by atoms with Gasteiger partial charge in [0.25, 0.3) is 5.91 Å². The molecule has 0 saturated carbocycles. The summed E-state index contributed by atoms with van der Waals surface area (Å²) in [6.07, 6.45) is 5.27. The minimum atomic E-state index is -0.190. The molecule has 1 unspecified atom stereocenters. The Balaban J connectivity index is 2.65. The molecule has 1 atom stereocenters. The second-order valence-electron chi connectivity index (χ2n) is 4.09. The first-order valence-corrected chi connectivity index (χ1v) is 5.78. The summed E-state index contributed by atoms with van der Waals surface area (Å²) < 4.78 is 0. The molecule has 0 spiro atoms. The van der Waals surface area contributed by atoms with Crippen LogP contribution in [-0.2, 0) is 11.3 Å². The van der Waals surface area contributed by atoms with E-state index in [0.717, 1.165) is 18.4 Å². The highest BCUT2D eigenvalue weighted by molar-refractivity contribution is 5.81. The molecule has 0 saturated heterocycles. The number of nitrogens with zero attached hydrogens (tertiary/aromatic N) is 2. The van der Waals surface area contributed by atoms with Gasteiger partial charge in [-0.05, 0) is 25.1 Å². The number of carbonyl (C=O) groups is 1. The first-order valence-electron chi connectivity index (χ1n) is 5.78. The largest absolute Gasteiger partial charge is 0.293 e. The molecule has 0 fully saturated rings. The number of hydrogen-bond donors (Lipinski definition) is 2. The maximum absolute atomic E-state index is 11.6. The number of pyridine rings is 1. The van der Waals surface area contributed by atoms with Crippen LogP contribution in [0, 0.1) is 0 Å². The van der Waals surface area contributed by atoms with Crippen molar-refractivity contribution in [1.29, 1.82) is 0 Å². The average Bonchev–Trinajstić information content (AvgIpc) is 2.36. The van der Waals surface area contributed by atoms with Gasteiger partial charge in [0.1, 0.15) is 0 Å². The van der Waals surface area contributed by atoms with E-state index in [4.69, 9.17) is 5.84 Å². The fourth-order valence-electron chi connectivity index (χ4n) is 1.81. The molecule has 0 aliphatic carbocycles. The van der Waals surface area contributed by atoms with Crippen LogP contribution in [0.4, 0.5) is 0 Å². The number of nitrogens with two attached hydrogens (primary N) is 1. The molecule has 3 N–H and O–H groups in total. The van der Waals surface area contributed by atoms with Crippen LogP contribution >= 0.6 is 0 Å². The third-order valence-corrected chi connectivity index (χ3v) is 2.69. The maximum atomic E-state index is 11.6. The molecule has 5 nitrogen and oxygen atoms in total. The molecule has 1 rings (SSSR count). The number of likely N-dealkylation sites (N-methyl/N-ethyl adjacent to an activating group) is 1. The molecular formula is C12H20N4O. The van der Waals surface area contributed by atoms with E-state index in [1.165, 1.54) is 0 Å². The van der Waals surface area contributed by atoms with Crippen molar-refractivity contribution in [2.24, 2.45) is 5.84 Å². The zero-order valence-corrected chi connectivity index (χ0v) is 10.4. The average molecular weight is 236 g/mol. The van der Waals surface area contributed by atoms with Gasteiger partial charge in [0.2, 0.25) is 0 Å². The SMILES string of the molecule is CCCC(C(=O)NN)N(C)Cc1cccnc1. The summed E-state index contributed by atoms with van der Waals surface area (Å²) in [4.78, 5) is 17.7. The summed E-state index contributed by atoms with van der Waals surface area (Å²) >= 11 is 0. The quantitative estimate of drug-likeness (QED) is 0.433. The molecule has 1 aromatic rings. The van der Waals surface area contributed by atoms with Gasteiger partial charge < -0.3 is 0 Å². The third kappa shape index (κ3) is 4.13. The van der Waals surface area contributed by atoms with E-state index < -0.39 is 0 Å². The van der Waals surface area contributed by atoms with Gasteiger partial charge in [-0.2, -0.15) is 0 Å². The van der Waals surface area contributed by atoms with E-state index in [9.17, 15) is 4.79 Å². The van der Waals surface area contributed by atoms with Crippen LogP contribution in [0.3, 0.4) is 0 Å². The minimum Gasteiger partial charge on any atom is -0.293 e. The van der Waals surface area contributed by atoms with E-state index in [1.807, 2.05) is 24.1 Å². The highest BCUT2D eigenvalue weighted by atomic mass is 16.2. The van der Waals surface area contributed by atoms with Crippen LogP contribution in [0.15, 0.2) is 24.5 Å². The lowest BCUT2D eigenvalue weighted by Gasteiger charge is -2.26. The number of nitrogens with one attached hydrogen (secondary N) is 1. The van der Waals surface area contributed by atoms with E-state index >= 15 is 0 Å². The molecule has 0 radical (unpaired) electrons. The number of hydrogen-bond acceptors (Lipinski definition) is 4. The topological polar surface area (TPSA) is 71.2 Å². The molecule has 1 amide bonds. The highest BCUT2D eigenvalue weighted by Gasteiger charge is 2.21. The monoisotopic (exact) mass is 236 g/mol. The van der Waals surface area contributed by atoms with Crippen LogP contribution in [0.1, 0.15) is 25.3 Å². The van der Waals surface area contributed by atoms with Gasteiger partial charge in [-0.15, -0.1) is 0 Å². The molecule has 0 aliphatic rings. The lowest BCUT2D eigenvalue weighted by Crippen LogP contribution is -2.47. The molecular weight excluding hydrogens is 216 g/mol. The predicted octanol–water partition coefficient (Wildman–Crippen LogP) is 0.672. The zero-order valence-electron chi connectivity index (χ0n) is 10.4. The Labute approximate surface area is 102 Å². The maximum Gasteiger partial charge on any atom is 0.251 e. The second-order valence-corrected chi connectivity index (χ2v) is 4.09. The van der Waals surface area contributed by atoms with Crippen molar-refractivity contribution in [3.05, 3.63) is 30.1 Å². The van der Waals surface area contributed by atoms with Crippen molar-refractivity contribution in [3.63, 3.8) is 0 Å². The van der Waals surface area contributed by atoms with E-state index in [2.05, 4.69) is 17.3 Å². The second kappa shape index (κ2) is 6.98. The summed E-state index contributed by atoms with van der Waals surface area (Å²) in [6.45, 7) is 2.74. The zero-order chi connectivity index (χ0) is 12.7. The van der Waals surface area contributed by atoms with Crippen LogP contribution < -0.4 is 11.3 Å². The van der Waals surface area contributed by atoms with Crippen molar-refractivity contribution < 1.29 is 4.79 Å². The summed E-state index contributed by atoms with van der Waals surface area (Å²) in [7, 11) is 1.92. The van der Waals surface area contributed by atoms with Gasteiger partial charge in [0, 0.05) is 18.9 Å². The Morgan fingerprint density at radius 1 is 1.65 bits per heavy atom. The van der Waals surface area contributed by atoms with Crippen molar-refractivity contribution in [2.75, 3.05) is 7.05 Å². The number of amides is 1. The summed E-state index contributed by atoms with van der Waals surface area (Å²) in [5, 5.41) is 0. The predicted molar refractivity (Wildman–Crippen MR) is 66.7 cm³/mol. The summed E-state index contributed by atoms with van der Waals surface area (Å²) in [6, 6.07) is 3.69. The number of rotatable bonds is 6. The van der Waals surface area contributed by atoms with E-state index in [-0.39, 0.29) is 11.9 Å². The summed E-state index contributed by atoms with van der Waals surface area (Å²) in [5.41, 5.74) is 3.30. The van der Waals surface area contributed by atoms with Gasteiger partial charge in [0.15, 0.2) is 0 Å². The number of aromatic nitrogens is 1. The first kappa shape index (κ1) is 13.6. The van der Waals surface area contributed by atoms with Gasteiger partial charge >= 0.3 is 0 Å². The van der Waals surface area contributed by atoms with E-state index in [0.29, 0.717) is 6.54 Å². The molecule has 94 valence electrons. The fraction of sp³-hybridized carbons (Fsp3) is 0.500. The molecule has 1 aromatic heterocycles. The van der Waals surface area contributed by atoms with Gasteiger partial charge in [-0.3, -0.25) is 20.1 Å². The smallest absolute Gasteiger partial charge is 0.251 e. The highest BCUT2D eigenvalue weighted by Crippen LogP contribution is 2.09. The standard InChI is InChI=1S/C12H20N4O/c1-3-5-11(12(17)15-13)16(2)9-10-6-4-7-14-8-10/h4,6-8,11H,3,5,9,13H2,1-2H3,(H,15,17). The van der Waals surface area contributed by atoms with E-state index in [1.54, 1.807) is 12.4 Å². The Morgan fingerprint density at radius 3 is 2.94 bits per heavy atom.